The molecule has 1 saturated heterocycles. The van der Waals surface area contributed by atoms with Gasteiger partial charge in [-0.3, -0.25) is 4.79 Å². The number of ether oxygens (including phenoxy) is 3. The maximum atomic E-state index is 12.8. The van der Waals surface area contributed by atoms with E-state index < -0.39 is 12.1 Å². The number of alkyl carbamates (subject to hydrolysis) is 1. The van der Waals surface area contributed by atoms with Crippen LogP contribution in [0.25, 0.3) is 0 Å². The summed E-state index contributed by atoms with van der Waals surface area (Å²) in [5, 5.41) is 2.62. The third-order valence-electron chi connectivity index (χ3n) is 4.44. The largest absolute Gasteiger partial charge is 0.497 e. The first-order valence-electron chi connectivity index (χ1n) is 9.12. The molecule has 28 heavy (non-hydrogen) atoms. The number of methoxy groups -OCH3 is 1. The minimum absolute atomic E-state index is 0.123. The molecule has 2 aromatic carbocycles. The molecule has 2 aromatic rings. The Labute approximate surface area is 164 Å². The molecule has 148 valence electrons. The third kappa shape index (κ3) is 5.47. The van der Waals surface area contributed by atoms with Crippen LogP contribution in [0, 0.1) is 0 Å². The lowest BCUT2D eigenvalue weighted by Crippen LogP contribution is -2.49. The number of hydrogen-bond donors (Lipinski definition) is 1. The van der Waals surface area contributed by atoms with Crippen molar-refractivity contribution in [3.05, 3.63) is 65.7 Å². The molecule has 1 N–H and O–H groups in total. The number of carbonyl (C=O) groups is 2. The summed E-state index contributed by atoms with van der Waals surface area (Å²) in [6.45, 7) is 1.58. The number of hydrogen-bond acceptors (Lipinski definition) is 5. The number of benzene rings is 2. The van der Waals surface area contributed by atoms with Gasteiger partial charge in [-0.1, -0.05) is 42.5 Å². The second-order valence-electron chi connectivity index (χ2n) is 6.44. The molecule has 0 aromatic heterocycles. The Balaban J connectivity index is 1.56. The smallest absolute Gasteiger partial charge is 0.408 e. The number of rotatable bonds is 6. The Morgan fingerprint density at radius 1 is 1.14 bits per heavy atom. The Bertz CT molecular complexity index is 779. The maximum absolute atomic E-state index is 12.8. The van der Waals surface area contributed by atoms with Gasteiger partial charge in [0.2, 0.25) is 5.91 Å². The SMILES string of the molecule is COc1ccc(CN2CCOC[C@H](NC(=O)OCc3ccccc3)C2=O)cc1. The maximum Gasteiger partial charge on any atom is 0.408 e. The monoisotopic (exact) mass is 384 g/mol. The highest BCUT2D eigenvalue weighted by molar-refractivity contribution is 5.86. The fourth-order valence-corrected chi connectivity index (χ4v) is 2.90. The van der Waals surface area contributed by atoms with Crippen LogP contribution in [-0.2, 0) is 27.4 Å². The van der Waals surface area contributed by atoms with Gasteiger partial charge >= 0.3 is 6.09 Å². The predicted octanol–water partition coefficient (Wildman–Crippen LogP) is 2.35. The van der Waals surface area contributed by atoms with E-state index in [0.717, 1.165) is 16.9 Å². The normalized spacial score (nSPS) is 17.0. The van der Waals surface area contributed by atoms with Crippen molar-refractivity contribution in [3.8, 4) is 5.75 Å². The van der Waals surface area contributed by atoms with Gasteiger partial charge < -0.3 is 24.4 Å². The van der Waals surface area contributed by atoms with Gasteiger partial charge in [0.05, 0.1) is 20.3 Å². The van der Waals surface area contributed by atoms with E-state index in [-0.39, 0.29) is 19.1 Å². The summed E-state index contributed by atoms with van der Waals surface area (Å²) in [6, 6.07) is 16.1. The number of amides is 2. The Hall–Kier alpha value is -3.06. The van der Waals surface area contributed by atoms with Crippen molar-refractivity contribution >= 4 is 12.0 Å². The van der Waals surface area contributed by atoms with Crippen LogP contribution >= 0.6 is 0 Å². The predicted molar refractivity (Wildman–Crippen MR) is 103 cm³/mol. The standard InChI is InChI=1S/C21H24N2O5/c1-26-18-9-7-16(8-10-18)13-23-11-12-27-15-19(20(23)24)22-21(25)28-14-17-5-3-2-4-6-17/h2-10,19H,11-15H2,1H3,(H,22,25)/t19-/m0/s1. The highest BCUT2D eigenvalue weighted by atomic mass is 16.5. The van der Waals surface area contributed by atoms with Crippen LogP contribution in [0.5, 0.6) is 5.75 Å². The van der Waals surface area contributed by atoms with Crippen LogP contribution in [-0.4, -0.2) is 49.8 Å². The van der Waals surface area contributed by atoms with E-state index in [9.17, 15) is 9.59 Å². The number of nitrogens with one attached hydrogen (secondary N) is 1. The summed E-state index contributed by atoms with van der Waals surface area (Å²) >= 11 is 0. The fourth-order valence-electron chi connectivity index (χ4n) is 2.90. The molecular weight excluding hydrogens is 360 g/mol. The molecule has 0 unspecified atom stereocenters. The quantitative estimate of drug-likeness (QED) is 0.827. The van der Waals surface area contributed by atoms with E-state index >= 15 is 0 Å². The van der Waals surface area contributed by atoms with Gasteiger partial charge in [-0.05, 0) is 23.3 Å². The van der Waals surface area contributed by atoms with Gasteiger partial charge in [-0.2, -0.15) is 0 Å². The summed E-state index contributed by atoms with van der Waals surface area (Å²) in [4.78, 5) is 26.6. The minimum atomic E-state index is -0.774. The average Bonchev–Trinajstić information content (AvgIpc) is 2.90. The molecule has 2 amide bonds. The summed E-state index contributed by atoms with van der Waals surface area (Å²) < 4.78 is 15.9. The molecule has 0 bridgehead atoms. The van der Waals surface area contributed by atoms with E-state index in [4.69, 9.17) is 14.2 Å². The van der Waals surface area contributed by atoms with Crippen LogP contribution in [0.4, 0.5) is 4.79 Å². The van der Waals surface area contributed by atoms with Crippen molar-refractivity contribution in [2.24, 2.45) is 0 Å². The average molecular weight is 384 g/mol. The van der Waals surface area contributed by atoms with Gasteiger partial charge in [-0.15, -0.1) is 0 Å². The van der Waals surface area contributed by atoms with E-state index in [2.05, 4.69) is 5.32 Å². The van der Waals surface area contributed by atoms with Crippen molar-refractivity contribution in [2.45, 2.75) is 19.2 Å². The molecule has 3 rings (SSSR count). The summed E-state index contributed by atoms with van der Waals surface area (Å²) in [5.74, 6) is 0.569. The van der Waals surface area contributed by atoms with Gasteiger partial charge in [-0.25, -0.2) is 4.79 Å². The van der Waals surface area contributed by atoms with Crippen molar-refractivity contribution in [2.75, 3.05) is 26.9 Å². The second kappa shape index (κ2) is 9.75. The Kier molecular flexibility index (Phi) is 6.86. The molecule has 7 nitrogen and oxygen atoms in total. The molecule has 0 saturated carbocycles. The zero-order valence-electron chi connectivity index (χ0n) is 15.8. The number of carbonyl (C=O) groups excluding carboxylic acids is 2. The lowest BCUT2D eigenvalue weighted by molar-refractivity contribution is -0.133. The van der Waals surface area contributed by atoms with Gasteiger partial charge in [0, 0.05) is 13.1 Å². The molecule has 1 aliphatic rings. The summed E-state index contributed by atoms with van der Waals surface area (Å²) in [7, 11) is 1.61. The highest BCUT2D eigenvalue weighted by Gasteiger charge is 2.29. The fraction of sp³-hybridized carbons (Fsp3) is 0.333. The molecule has 1 aliphatic heterocycles. The number of nitrogens with zero attached hydrogens (tertiary/aromatic N) is 1. The zero-order chi connectivity index (χ0) is 19.8. The molecule has 0 spiro atoms. The molecular formula is C21H24N2O5. The Morgan fingerprint density at radius 2 is 1.89 bits per heavy atom. The van der Waals surface area contributed by atoms with E-state index in [1.807, 2.05) is 54.6 Å². The highest BCUT2D eigenvalue weighted by Crippen LogP contribution is 2.14. The van der Waals surface area contributed by atoms with E-state index in [0.29, 0.717) is 19.7 Å². The lowest BCUT2D eigenvalue weighted by Gasteiger charge is -2.24. The zero-order valence-corrected chi connectivity index (χ0v) is 15.8. The molecule has 1 atom stereocenters. The van der Waals surface area contributed by atoms with Crippen LogP contribution < -0.4 is 10.1 Å². The van der Waals surface area contributed by atoms with Gasteiger partial charge in [0.25, 0.3) is 0 Å². The molecule has 1 fully saturated rings. The van der Waals surface area contributed by atoms with Crippen molar-refractivity contribution in [3.63, 3.8) is 0 Å². The second-order valence-corrected chi connectivity index (χ2v) is 6.44. The van der Waals surface area contributed by atoms with Gasteiger partial charge in [0.15, 0.2) is 0 Å². The van der Waals surface area contributed by atoms with Crippen LogP contribution in [0.2, 0.25) is 0 Å². The molecule has 0 aliphatic carbocycles. The molecule has 1 heterocycles. The first-order chi connectivity index (χ1) is 13.7. The van der Waals surface area contributed by atoms with Crippen LogP contribution in [0.3, 0.4) is 0 Å². The Morgan fingerprint density at radius 3 is 2.61 bits per heavy atom. The van der Waals surface area contributed by atoms with Crippen LogP contribution in [0.1, 0.15) is 11.1 Å². The van der Waals surface area contributed by atoms with E-state index in [1.165, 1.54) is 0 Å². The van der Waals surface area contributed by atoms with E-state index in [1.54, 1.807) is 12.0 Å². The molecule has 7 heteroatoms. The first kappa shape index (κ1) is 19.7. The van der Waals surface area contributed by atoms with Crippen molar-refractivity contribution in [1.82, 2.24) is 10.2 Å². The lowest BCUT2D eigenvalue weighted by atomic mass is 10.2. The minimum Gasteiger partial charge on any atom is -0.497 e. The summed E-state index contributed by atoms with van der Waals surface area (Å²) in [5.41, 5.74) is 1.85. The molecule has 0 radical (unpaired) electrons. The first-order valence-corrected chi connectivity index (χ1v) is 9.12. The van der Waals surface area contributed by atoms with Crippen molar-refractivity contribution in [1.29, 1.82) is 0 Å². The summed E-state index contributed by atoms with van der Waals surface area (Å²) in [6.07, 6.45) is -0.642. The third-order valence-corrected chi connectivity index (χ3v) is 4.44. The topological polar surface area (TPSA) is 77.1 Å². The van der Waals surface area contributed by atoms with Gasteiger partial charge in [0.1, 0.15) is 18.4 Å². The van der Waals surface area contributed by atoms with Crippen LogP contribution in [0.15, 0.2) is 54.6 Å². The van der Waals surface area contributed by atoms with Crippen molar-refractivity contribution < 1.29 is 23.8 Å².